The van der Waals surface area contributed by atoms with Crippen molar-refractivity contribution in [2.75, 3.05) is 14.2 Å². The van der Waals surface area contributed by atoms with Crippen LogP contribution in [-0.4, -0.2) is 50.6 Å². The third-order valence-electron chi connectivity index (χ3n) is 3.80. The minimum Gasteiger partial charge on any atom is -0.469 e. The zero-order chi connectivity index (χ0) is 12.2. The van der Waals surface area contributed by atoms with Crippen LogP contribution in [-0.2, 0) is 28.5 Å². The summed E-state index contributed by atoms with van der Waals surface area (Å²) in [5.41, 5.74) is 0. The van der Waals surface area contributed by atoms with Gasteiger partial charge in [-0.1, -0.05) is 0 Å². The molecule has 3 fully saturated rings. The van der Waals surface area contributed by atoms with Crippen LogP contribution in [0.1, 0.15) is 13.3 Å². The van der Waals surface area contributed by atoms with Gasteiger partial charge in [0.05, 0.1) is 19.1 Å². The van der Waals surface area contributed by atoms with E-state index >= 15 is 0 Å². The molecule has 6 nitrogen and oxygen atoms in total. The predicted octanol–water partition coefficient (Wildman–Crippen LogP) is 0.0508. The molecule has 3 heterocycles. The molecule has 3 rings (SSSR count). The Morgan fingerprint density at radius 2 is 1.94 bits per heavy atom. The topological polar surface area (TPSA) is 63.2 Å². The highest BCUT2D eigenvalue weighted by Gasteiger charge is 2.64. The standard InChI is InChI=1S/C11H16O6/c1-11(14-3)16-8-6-4-5(10(12)13-2)7(15-6)9(8)17-11/h5-9H,4H2,1-3H3. The fourth-order valence-electron chi connectivity index (χ4n) is 2.93. The van der Waals surface area contributed by atoms with E-state index in [4.69, 9.17) is 23.7 Å². The fraction of sp³-hybridized carbons (Fsp3) is 0.909. The molecule has 0 N–H and O–H groups in total. The van der Waals surface area contributed by atoms with Crippen LogP contribution in [0.2, 0.25) is 0 Å². The quantitative estimate of drug-likeness (QED) is 0.640. The fourth-order valence-corrected chi connectivity index (χ4v) is 2.93. The molecule has 6 heteroatoms. The van der Waals surface area contributed by atoms with Gasteiger partial charge in [0.1, 0.15) is 18.3 Å². The zero-order valence-corrected chi connectivity index (χ0v) is 10.0. The molecule has 0 amide bonds. The van der Waals surface area contributed by atoms with Crippen molar-refractivity contribution in [1.82, 2.24) is 0 Å². The summed E-state index contributed by atoms with van der Waals surface area (Å²) in [7, 11) is 2.92. The lowest BCUT2D eigenvalue weighted by Crippen LogP contribution is -2.42. The van der Waals surface area contributed by atoms with Gasteiger partial charge in [-0.25, -0.2) is 0 Å². The van der Waals surface area contributed by atoms with E-state index in [2.05, 4.69) is 0 Å². The van der Waals surface area contributed by atoms with E-state index in [0.717, 1.165) is 0 Å². The van der Waals surface area contributed by atoms with E-state index in [1.807, 2.05) is 0 Å². The molecule has 0 aromatic rings. The van der Waals surface area contributed by atoms with Crippen LogP contribution in [0.3, 0.4) is 0 Å². The van der Waals surface area contributed by atoms with E-state index in [1.165, 1.54) is 14.2 Å². The van der Waals surface area contributed by atoms with Crippen molar-refractivity contribution < 1.29 is 28.5 Å². The molecule has 3 saturated heterocycles. The molecule has 0 aromatic heterocycles. The first kappa shape index (κ1) is 11.4. The average molecular weight is 244 g/mol. The molecule has 17 heavy (non-hydrogen) atoms. The van der Waals surface area contributed by atoms with E-state index in [-0.39, 0.29) is 36.3 Å². The van der Waals surface area contributed by atoms with Gasteiger partial charge in [-0.2, -0.15) is 0 Å². The Bertz CT molecular complexity index is 345. The van der Waals surface area contributed by atoms with Gasteiger partial charge in [0.15, 0.2) is 0 Å². The second-order valence-electron chi connectivity index (χ2n) is 4.74. The lowest BCUT2D eigenvalue weighted by Gasteiger charge is -2.24. The van der Waals surface area contributed by atoms with Gasteiger partial charge in [0.25, 0.3) is 5.97 Å². The number of methoxy groups -OCH3 is 2. The molecule has 0 aromatic carbocycles. The molecule has 6 atom stereocenters. The maximum atomic E-state index is 11.6. The molecule has 0 aliphatic carbocycles. The summed E-state index contributed by atoms with van der Waals surface area (Å²) in [5, 5.41) is 0. The Morgan fingerprint density at radius 3 is 2.59 bits per heavy atom. The van der Waals surface area contributed by atoms with Gasteiger partial charge in [0.2, 0.25) is 0 Å². The summed E-state index contributed by atoms with van der Waals surface area (Å²) >= 11 is 0. The number of rotatable bonds is 2. The molecular weight excluding hydrogens is 228 g/mol. The van der Waals surface area contributed by atoms with Gasteiger partial charge >= 0.3 is 5.97 Å². The summed E-state index contributed by atoms with van der Waals surface area (Å²) < 4.78 is 27.0. The van der Waals surface area contributed by atoms with Crippen LogP contribution in [0, 0.1) is 5.92 Å². The minimum atomic E-state index is -1.03. The van der Waals surface area contributed by atoms with Crippen molar-refractivity contribution >= 4 is 5.97 Å². The maximum absolute atomic E-state index is 11.6. The first-order chi connectivity index (χ1) is 8.08. The number of fused-ring (bicyclic) bond motifs is 5. The van der Waals surface area contributed by atoms with Gasteiger partial charge < -0.3 is 23.7 Å². The van der Waals surface area contributed by atoms with E-state index in [1.54, 1.807) is 6.92 Å². The Kier molecular flexibility index (Phi) is 2.45. The third kappa shape index (κ3) is 1.52. The number of carbonyl (C=O) groups is 1. The Morgan fingerprint density at radius 1 is 1.24 bits per heavy atom. The predicted molar refractivity (Wildman–Crippen MR) is 53.9 cm³/mol. The number of carbonyl (C=O) groups excluding carboxylic acids is 1. The first-order valence-electron chi connectivity index (χ1n) is 5.72. The number of esters is 1. The first-order valence-corrected chi connectivity index (χ1v) is 5.72. The van der Waals surface area contributed by atoms with E-state index < -0.39 is 5.97 Å². The van der Waals surface area contributed by atoms with Crippen molar-refractivity contribution in [3.8, 4) is 0 Å². The van der Waals surface area contributed by atoms with Crippen molar-refractivity contribution in [2.45, 2.75) is 43.7 Å². The van der Waals surface area contributed by atoms with Crippen molar-refractivity contribution in [3.63, 3.8) is 0 Å². The second kappa shape index (κ2) is 3.65. The molecular formula is C11H16O6. The SMILES string of the molecule is COC(=O)C1CC2OC1C1OC(C)(OC)OC21. The molecule has 3 aliphatic rings. The average Bonchev–Trinajstić information content (AvgIpc) is 2.96. The van der Waals surface area contributed by atoms with Crippen LogP contribution in [0.5, 0.6) is 0 Å². The number of hydrogen-bond acceptors (Lipinski definition) is 6. The van der Waals surface area contributed by atoms with E-state index in [0.29, 0.717) is 6.42 Å². The minimum absolute atomic E-state index is 0.105. The van der Waals surface area contributed by atoms with Crippen molar-refractivity contribution in [1.29, 1.82) is 0 Å². The lowest BCUT2D eigenvalue weighted by molar-refractivity contribution is -0.329. The summed E-state index contributed by atoms with van der Waals surface area (Å²) in [6.45, 7) is 1.72. The molecule has 0 spiro atoms. The van der Waals surface area contributed by atoms with Crippen LogP contribution < -0.4 is 0 Å². The molecule has 3 aliphatic heterocycles. The molecule has 6 unspecified atom stereocenters. The van der Waals surface area contributed by atoms with Crippen LogP contribution in [0.25, 0.3) is 0 Å². The summed E-state index contributed by atoms with van der Waals surface area (Å²) in [6.07, 6.45) is -0.157. The largest absolute Gasteiger partial charge is 0.469 e. The third-order valence-corrected chi connectivity index (χ3v) is 3.80. The summed E-state index contributed by atoms with van der Waals surface area (Å²) in [5.74, 6) is -1.53. The van der Waals surface area contributed by atoms with Crippen molar-refractivity contribution in [2.24, 2.45) is 5.92 Å². The second-order valence-corrected chi connectivity index (χ2v) is 4.74. The molecule has 0 radical (unpaired) electrons. The zero-order valence-electron chi connectivity index (χ0n) is 10.0. The van der Waals surface area contributed by atoms with Crippen LogP contribution >= 0.6 is 0 Å². The van der Waals surface area contributed by atoms with Crippen molar-refractivity contribution in [3.05, 3.63) is 0 Å². The highest BCUT2D eigenvalue weighted by molar-refractivity contribution is 5.74. The smallest absolute Gasteiger partial charge is 0.311 e. The maximum Gasteiger partial charge on any atom is 0.311 e. The van der Waals surface area contributed by atoms with Gasteiger partial charge in [-0.05, 0) is 6.42 Å². The van der Waals surface area contributed by atoms with E-state index in [9.17, 15) is 4.79 Å². The monoisotopic (exact) mass is 244 g/mol. The molecule has 96 valence electrons. The summed E-state index contributed by atoms with van der Waals surface area (Å²) in [6, 6.07) is 0. The number of hydrogen-bond donors (Lipinski definition) is 0. The van der Waals surface area contributed by atoms with Gasteiger partial charge in [-0.3, -0.25) is 4.79 Å². The lowest BCUT2D eigenvalue weighted by atomic mass is 9.85. The normalized spacial score (nSPS) is 51.6. The molecule has 2 bridgehead atoms. The Balaban J connectivity index is 1.78. The Hall–Kier alpha value is -0.690. The molecule has 0 saturated carbocycles. The highest BCUT2D eigenvalue weighted by atomic mass is 16.9. The Labute approximate surface area is 99.1 Å². The van der Waals surface area contributed by atoms with Crippen LogP contribution in [0.4, 0.5) is 0 Å². The number of ether oxygens (including phenoxy) is 5. The van der Waals surface area contributed by atoms with Gasteiger partial charge in [-0.15, -0.1) is 0 Å². The van der Waals surface area contributed by atoms with Gasteiger partial charge in [0, 0.05) is 14.0 Å². The van der Waals surface area contributed by atoms with Crippen LogP contribution in [0.15, 0.2) is 0 Å². The highest BCUT2D eigenvalue weighted by Crippen LogP contribution is 2.48. The summed E-state index contributed by atoms with van der Waals surface area (Å²) in [4.78, 5) is 11.6.